The van der Waals surface area contributed by atoms with Crippen molar-refractivity contribution in [3.8, 4) is 0 Å². The van der Waals surface area contributed by atoms with Crippen LogP contribution in [0.25, 0.3) is 0 Å². The zero-order chi connectivity index (χ0) is 11.3. The first-order chi connectivity index (χ1) is 7.15. The van der Waals surface area contributed by atoms with Gasteiger partial charge in [0, 0.05) is 24.8 Å². The van der Waals surface area contributed by atoms with Gasteiger partial charge in [-0.05, 0) is 12.0 Å². The van der Waals surface area contributed by atoms with E-state index in [1.54, 1.807) is 6.07 Å². The number of alkyl halides is 1. The summed E-state index contributed by atoms with van der Waals surface area (Å²) >= 11 is 11.4. The van der Waals surface area contributed by atoms with Crippen molar-refractivity contribution in [2.24, 2.45) is 5.92 Å². The Bertz CT molecular complexity index is 344. The maximum atomic E-state index is 11.6. The molecule has 0 aliphatic carbocycles. The first-order valence-electron chi connectivity index (χ1n) is 4.58. The molecule has 82 valence electrons. The molecule has 1 aromatic rings. The number of halogens is 2. The number of carbonyl (C=O) groups excluding carboxylic acids is 1. The van der Waals surface area contributed by atoms with E-state index in [9.17, 15) is 4.79 Å². The van der Waals surface area contributed by atoms with Crippen molar-refractivity contribution < 1.29 is 4.79 Å². The van der Waals surface area contributed by atoms with Crippen molar-refractivity contribution in [3.63, 3.8) is 0 Å². The molecule has 0 saturated carbocycles. The SMILES string of the molecule is CC(CCl)CNC(=O)c1ccncc1Cl. The van der Waals surface area contributed by atoms with Gasteiger partial charge in [0.2, 0.25) is 0 Å². The number of nitrogens with zero attached hydrogens (tertiary/aromatic N) is 1. The lowest BCUT2D eigenvalue weighted by molar-refractivity contribution is 0.0949. The molecular formula is C10H12Cl2N2O. The summed E-state index contributed by atoms with van der Waals surface area (Å²) in [5.74, 6) is 0.570. The van der Waals surface area contributed by atoms with E-state index >= 15 is 0 Å². The smallest absolute Gasteiger partial charge is 0.252 e. The fourth-order valence-corrected chi connectivity index (χ4v) is 1.29. The van der Waals surface area contributed by atoms with Crippen LogP contribution in [0.2, 0.25) is 5.02 Å². The van der Waals surface area contributed by atoms with Crippen LogP contribution in [0.5, 0.6) is 0 Å². The molecule has 1 aromatic heterocycles. The summed E-state index contributed by atoms with van der Waals surface area (Å²) in [4.78, 5) is 15.4. The van der Waals surface area contributed by atoms with Gasteiger partial charge in [0.05, 0.1) is 10.6 Å². The molecule has 0 aliphatic heterocycles. The van der Waals surface area contributed by atoms with Crippen molar-refractivity contribution in [3.05, 3.63) is 29.0 Å². The predicted octanol–water partition coefficient (Wildman–Crippen LogP) is 2.34. The van der Waals surface area contributed by atoms with Gasteiger partial charge in [0.1, 0.15) is 0 Å². The number of pyridine rings is 1. The van der Waals surface area contributed by atoms with Gasteiger partial charge in [0.25, 0.3) is 5.91 Å². The Balaban J connectivity index is 2.58. The molecule has 1 unspecified atom stereocenters. The molecule has 5 heteroatoms. The predicted molar refractivity (Wildman–Crippen MR) is 61.5 cm³/mol. The molecule has 3 nitrogen and oxygen atoms in total. The minimum atomic E-state index is -0.195. The van der Waals surface area contributed by atoms with Crippen LogP contribution in [-0.2, 0) is 0 Å². The topological polar surface area (TPSA) is 42.0 Å². The molecule has 0 fully saturated rings. The summed E-state index contributed by atoms with van der Waals surface area (Å²) in [6.07, 6.45) is 2.98. The van der Waals surface area contributed by atoms with E-state index in [2.05, 4.69) is 10.3 Å². The Morgan fingerprint density at radius 2 is 2.40 bits per heavy atom. The van der Waals surface area contributed by atoms with E-state index in [-0.39, 0.29) is 11.8 Å². The second kappa shape index (κ2) is 5.93. The highest BCUT2D eigenvalue weighted by Gasteiger charge is 2.10. The van der Waals surface area contributed by atoms with Crippen LogP contribution in [0.3, 0.4) is 0 Å². The largest absolute Gasteiger partial charge is 0.352 e. The van der Waals surface area contributed by atoms with Gasteiger partial charge in [-0.15, -0.1) is 11.6 Å². The fraction of sp³-hybridized carbons (Fsp3) is 0.400. The van der Waals surface area contributed by atoms with E-state index in [1.165, 1.54) is 12.4 Å². The van der Waals surface area contributed by atoms with Crippen LogP contribution >= 0.6 is 23.2 Å². The average Bonchev–Trinajstić information content (AvgIpc) is 2.26. The normalized spacial score (nSPS) is 12.2. The lowest BCUT2D eigenvalue weighted by Gasteiger charge is -2.09. The number of amides is 1. The second-order valence-electron chi connectivity index (χ2n) is 3.33. The zero-order valence-corrected chi connectivity index (χ0v) is 9.85. The number of hydrogen-bond acceptors (Lipinski definition) is 2. The first-order valence-corrected chi connectivity index (χ1v) is 5.50. The zero-order valence-electron chi connectivity index (χ0n) is 8.34. The number of hydrogen-bond donors (Lipinski definition) is 1. The van der Waals surface area contributed by atoms with Gasteiger partial charge in [-0.3, -0.25) is 9.78 Å². The van der Waals surface area contributed by atoms with Crippen LogP contribution in [0.1, 0.15) is 17.3 Å². The molecular weight excluding hydrogens is 235 g/mol. The minimum Gasteiger partial charge on any atom is -0.352 e. The molecule has 0 aliphatic rings. The Labute approximate surface area is 98.8 Å². The number of aromatic nitrogens is 1. The number of carbonyl (C=O) groups is 1. The number of rotatable bonds is 4. The van der Waals surface area contributed by atoms with Gasteiger partial charge >= 0.3 is 0 Å². The summed E-state index contributed by atoms with van der Waals surface area (Å²) < 4.78 is 0. The van der Waals surface area contributed by atoms with Crippen molar-refractivity contribution in [2.45, 2.75) is 6.92 Å². The first kappa shape index (κ1) is 12.3. The Kier molecular flexibility index (Phi) is 4.85. The third kappa shape index (κ3) is 3.68. The van der Waals surface area contributed by atoms with Crippen molar-refractivity contribution in [1.82, 2.24) is 10.3 Å². The third-order valence-electron chi connectivity index (χ3n) is 1.89. The molecule has 1 atom stereocenters. The van der Waals surface area contributed by atoms with Gasteiger partial charge < -0.3 is 5.32 Å². The summed E-state index contributed by atoms with van der Waals surface area (Å²) in [5.41, 5.74) is 0.438. The molecule has 1 heterocycles. The maximum absolute atomic E-state index is 11.6. The molecule has 0 aromatic carbocycles. The third-order valence-corrected chi connectivity index (χ3v) is 2.72. The molecule has 1 N–H and O–H groups in total. The molecule has 1 rings (SSSR count). The minimum absolute atomic E-state index is 0.195. The van der Waals surface area contributed by atoms with Gasteiger partial charge in [-0.2, -0.15) is 0 Å². The highest BCUT2D eigenvalue weighted by Crippen LogP contribution is 2.12. The van der Waals surface area contributed by atoms with E-state index in [0.29, 0.717) is 23.0 Å². The average molecular weight is 247 g/mol. The number of nitrogens with one attached hydrogen (secondary N) is 1. The van der Waals surface area contributed by atoms with E-state index in [0.717, 1.165) is 0 Å². The maximum Gasteiger partial charge on any atom is 0.252 e. The summed E-state index contributed by atoms with van der Waals surface area (Å²) in [6, 6.07) is 1.59. The molecule has 15 heavy (non-hydrogen) atoms. The standard InChI is InChI=1S/C10H12Cl2N2O/c1-7(4-11)5-14-10(15)8-2-3-13-6-9(8)12/h2-3,6-7H,4-5H2,1H3,(H,14,15). The summed E-state index contributed by atoms with van der Waals surface area (Å²) in [6.45, 7) is 2.50. The lowest BCUT2D eigenvalue weighted by Crippen LogP contribution is -2.29. The molecule has 0 bridgehead atoms. The molecule has 1 amide bonds. The summed E-state index contributed by atoms with van der Waals surface area (Å²) in [5, 5.41) is 3.11. The fourth-order valence-electron chi connectivity index (χ4n) is 0.976. The van der Waals surface area contributed by atoms with Gasteiger partial charge in [-0.25, -0.2) is 0 Å². The van der Waals surface area contributed by atoms with Crippen molar-refractivity contribution in [2.75, 3.05) is 12.4 Å². The van der Waals surface area contributed by atoms with Gasteiger partial charge in [-0.1, -0.05) is 18.5 Å². The van der Waals surface area contributed by atoms with E-state index < -0.39 is 0 Å². The van der Waals surface area contributed by atoms with E-state index in [4.69, 9.17) is 23.2 Å². The molecule has 0 radical (unpaired) electrons. The van der Waals surface area contributed by atoms with Crippen LogP contribution in [0, 0.1) is 5.92 Å². The Hall–Kier alpha value is -0.800. The van der Waals surface area contributed by atoms with Gasteiger partial charge in [0.15, 0.2) is 0 Å². The quantitative estimate of drug-likeness (QED) is 0.829. The van der Waals surface area contributed by atoms with E-state index in [1.807, 2.05) is 6.92 Å². The van der Waals surface area contributed by atoms with Crippen molar-refractivity contribution in [1.29, 1.82) is 0 Å². The summed E-state index contributed by atoms with van der Waals surface area (Å²) in [7, 11) is 0. The van der Waals surface area contributed by atoms with Crippen LogP contribution in [0.4, 0.5) is 0 Å². The lowest BCUT2D eigenvalue weighted by atomic mass is 10.2. The second-order valence-corrected chi connectivity index (χ2v) is 4.04. The molecule has 0 saturated heterocycles. The van der Waals surface area contributed by atoms with Crippen molar-refractivity contribution >= 4 is 29.1 Å². The Morgan fingerprint density at radius 3 is 3.00 bits per heavy atom. The highest BCUT2D eigenvalue weighted by atomic mass is 35.5. The monoisotopic (exact) mass is 246 g/mol. The Morgan fingerprint density at radius 1 is 1.67 bits per heavy atom. The van der Waals surface area contributed by atoms with Crippen LogP contribution < -0.4 is 5.32 Å². The highest BCUT2D eigenvalue weighted by molar-refractivity contribution is 6.33. The van der Waals surface area contributed by atoms with Crippen LogP contribution in [-0.4, -0.2) is 23.3 Å². The molecule has 0 spiro atoms. The van der Waals surface area contributed by atoms with Crippen LogP contribution in [0.15, 0.2) is 18.5 Å².